The van der Waals surface area contributed by atoms with Crippen LogP contribution in [0.3, 0.4) is 0 Å². The number of anilines is 1. The Morgan fingerprint density at radius 2 is 1.41 bits per heavy atom. The topological polar surface area (TPSA) is 97.6 Å². The molecule has 29 heavy (non-hydrogen) atoms. The van der Waals surface area contributed by atoms with Crippen LogP contribution in [0, 0.1) is 10.1 Å². The number of carbonyl (C=O) groups excluding carboxylic acids is 3. The highest BCUT2D eigenvalue weighted by Gasteiger charge is 2.39. The van der Waals surface area contributed by atoms with E-state index in [9.17, 15) is 24.5 Å². The number of nitrogens with zero attached hydrogens (tertiary/aromatic N) is 2. The molecule has 0 aliphatic heterocycles. The van der Waals surface area contributed by atoms with Crippen LogP contribution in [0.1, 0.15) is 42.2 Å². The van der Waals surface area contributed by atoms with E-state index in [0.717, 1.165) is 0 Å². The van der Waals surface area contributed by atoms with Crippen LogP contribution in [0.4, 0.5) is 11.4 Å². The third-order valence-electron chi connectivity index (χ3n) is 4.93. The Morgan fingerprint density at radius 3 is 2.03 bits per heavy atom. The standard InChI is InChI=1S/C22H14N2O5/c1-23(13-7-3-2-4-8-13)22(27)17-12-11-16-18(19(17)24(28)29)21(26)15-10-6-5-9-14(15)20(16)25/h2-12H,1H3. The molecule has 0 bridgehead atoms. The number of carbonyl (C=O) groups is 3. The lowest BCUT2D eigenvalue weighted by Gasteiger charge is -2.21. The van der Waals surface area contributed by atoms with E-state index in [2.05, 4.69) is 0 Å². The molecule has 1 aliphatic rings. The Labute approximate surface area is 165 Å². The predicted molar refractivity (Wildman–Crippen MR) is 106 cm³/mol. The summed E-state index contributed by atoms with van der Waals surface area (Å²) in [5.74, 6) is -1.77. The molecule has 0 saturated carbocycles. The lowest BCUT2D eigenvalue weighted by molar-refractivity contribution is -0.385. The van der Waals surface area contributed by atoms with Crippen LogP contribution in [-0.4, -0.2) is 29.4 Å². The van der Waals surface area contributed by atoms with Gasteiger partial charge in [-0.25, -0.2) is 0 Å². The highest BCUT2D eigenvalue weighted by molar-refractivity contribution is 6.30. The number of hydrogen-bond donors (Lipinski definition) is 0. The van der Waals surface area contributed by atoms with Gasteiger partial charge in [0.15, 0.2) is 5.78 Å². The van der Waals surface area contributed by atoms with Crippen LogP contribution in [0.2, 0.25) is 0 Å². The fraction of sp³-hybridized carbons (Fsp3) is 0.0455. The van der Waals surface area contributed by atoms with Crippen molar-refractivity contribution in [3.63, 3.8) is 0 Å². The van der Waals surface area contributed by atoms with Crippen LogP contribution in [0.15, 0.2) is 66.7 Å². The molecule has 3 aromatic carbocycles. The molecule has 0 unspecified atom stereocenters. The van der Waals surface area contributed by atoms with Gasteiger partial charge in [-0.1, -0.05) is 42.5 Å². The van der Waals surface area contributed by atoms with Gasteiger partial charge in [-0.3, -0.25) is 24.5 Å². The number of rotatable bonds is 3. The van der Waals surface area contributed by atoms with E-state index in [1.54, 1.807) is 42.5 Å². The molecule has 0 heterocycles. The number of nitro benzene ring substituents is 1. The minimum atomic E-state index is -0.774. The Morgan fingerprint density at radius 1 is 0.828 bits per heavy atom. The second-order valence-electron chi connectivity index (χ2n) is 6.54. The molecule has 7 heteroatoms. The minimum Gasteiger partial charge on any atom is -0.311 e. The maximum absolute atomic E-state index is 13.0. The fourth-order valence-corrected chi connectivity index (χ4v) is 3.48. The van der Waals surface area contributed by atoms with Gasteiger partial charge in [0.2, 0.25) is 5.78 Å². The second-order valence-corrected chi connectivity index (χ2v) is 6.54. The van der Waals surface area contributed by atoms with Gasteiger partial charge in [0.05, 0.1) is 4.92 Å². The lowest BCUT2D eigenvalue weighted by Crippen LogP contribution is -2.29. The summed E-state index contributed by atoms with van der Waals surface area (Å²) in [5.41, 5.74) is -0.486. The van der Waals surface area contributed by atoms with Crippen molar-refractivity contribution in [3.8, 4) is 0 Å². The maximum Gasteiger partial charge on any atom is 0.294 e. The summed E-state index contributed by atoms with van der Waals surface area (Å²) in [5, 5.41) is 11.9. The van der Waals surface area contributed by atoms with Crippen LogP contribution >= 0.6 is 0 Å². The van der Waals surface area contributed by atoms with Gasteiger partial charge >= 0.3 is 0 Å². The van der Waals surface area contributed by atoms with E-state index in [1.807, 2.05) is 0 Å². The van der Waals surface area contributed by atoms with E-state index in [0.29, 0.717) is 5.69 Å². The first-order valence-electron chi connectivity index (χ1n) is 8.74. The number of benzene rings is 3. The molecule has 0 saturated heterocycles. The Kier molecular flexibility index (Phi) is 4.27. The van der Waals surface area contributed by atoms with Crippen molar-refractivity contribution in [2.24, 2.45) is 0 Å². The van der Waals surface area contributed by atoms with Crippen molar-refractivity contribution >= 4 is 28.8 Å². The van der Waals surface area contributed by atoms with E-state index in [1.165, 1.54) is 36.2 Å². The first kappa shape index (κ1) is 18.2. The molecule has 0 atom stereocenters. The molecule has 1 aliphatic carbocycles. The molecule has 0 spiro atoms. The zero-order valence-electron chi connectivity index (χ0n) is 15.3. The van der Waals surface area contributed by atoms with E-state index in [4.69, 9.17) is 0 Å². The quantitative estimate of drug-likeness (QED) is 0.395. The van der Waals surface area contributed by atoms with E-state index in [-0.39, 0.29) is 27.8 Å². The first-order chi connectivity index (χ1) is 13.9. The highest BCUT2D eigenvalue weighted by Crippen LogP contribution is 2.36. The molecule has 0 aromatic heterocycles. The number of fused-ring (bicyclic) bond motifs is 2. The summed E-state index contributed by atoms with van der Waals surface area (Å²) in [6.45, 7) is 0. The Bertz CT molecular complexity index is 1200. The van der Waals surface area contributed by atoms with Gasteiger partial charge in [-0.15, -0.1) is 0 Å². The number of para-hydroxylation sites is 1. The molecule has 3 aromatic rings. The molecule has 0 N–H and O–H groups in total. The normalized spacial score (nSPS) is 12.2. The monoisotopic (exact) mass is 386 g/mol. The lowest BCUT2D eigenvalue weighted by atomic mass is 9.82. The molecular weight excluding hydrogens is 372 g/mol. The van der Waals surface area contributed by atoms with E-state index >= 15 is 0 Å². The molecule has 4 rings (SSSR count). The second kappa shape index (κ2) is 6.79. The first-order valence-corrected chi connectivity index (χ1v) is 8.74. The van der Waals surface area contributed by atoms with Gasteiger partial charge in [-0.2, -0.15) is 0 Å². The van der Waals surface area contributed by atoms with Crippen molar-refractivity contribution in [2.75, 3.05) is 11.9 Å². The van der Waals surface area contributed by atoms with Gasteiger partial charge in [0.25, 0.3) is 11.6 Å². The third-order valence-corrected chi connectivity index (χ3v) is 4.93. The molecule has 7 nitrogen and oxygen atoms in total. The summed E-state index contributed by atoms with van der Waals surface area (Å²) < 4.78 is 0. The SMILES string of the molecule is CN(C(=O)c1ccc2c(c1[N+](=O)[O-])C(=O)c1ccccc1C2=O)c1ccccc1. The number of hydrogen-bond acceptors (Lipinski definition) is 5. The molecule has 0 fully saturated rings. The van der Waals surface area contributed by atoms with Crippen LogP contribution in [-0.2, 0) is 0 Å². The molecular formula is C22H14N2O5. The average molecular weight is 386 g/mol. The highest BCUT2D eigenvalue weighted by atomic mass is 16.6. The van der Waals surface area contributed by atoms with Crippen molar-refractivity contribution in [1.82, 2.24) is 0 Å². The van der Waals surface area contributed by atoms with Gasteiger partial charge in [0, 0.05) is 29.4 Å². The van der Waals surface area contributed by atoms with Crippen LogP contribution in [0.5, 0.6) is 0 Å². The summed E-state index contributed by atoms with van der Waals surface area (Å²) >= 11 is 0. The van der Waals surface area contributed by atoms with Crippen molar-refractivity contribution in [2.45, 2.75) is 0 Å². The number of nitro groups is 1. The molecule has 1 amide bonds. The van der Waals surface area contributed by atoms with E-state index < -0.39 is 28.1 Å². The van der Waals surface area contributed by atoms with Crippen molar-refractivity contribution in [1.29, 1.82) is 0 Å². The summed E-state index contributed by atoms with van der Waals surface area (Å²) in [4.78, 5) is 51.2. The van der Waals surface area contributed by atoms with Crippen molar-refractivity contribution in [3.05, 3.63) is 105 Å². The third kappa shape index (κ3) is 2.80. The predicted octanol–water partition coefficient (Wildman–Crippen LogP) is 3.65. The molecule has 142 valence electrons. The molecule has 0 radical (unpaired) electrons. The largest absolute Gasteiger partial charge is 0.311 e. The zero-order valence-corrected chi connectivity index (χ0v) is 15.3. The Balaban J connectivity index is 1.91. The summed E-state index contributed by atoms with van der Waals surface area (Å²) in [6.07, 6.45) is 0. The number of amides is 1. The zero-order chi connectivity index (χ0) is 20.7. The summed E-state index contributed by atoms with van der Waals surface area (Å²) in [7, 11) is 1.49. The fourth-order valence-electron chi connectivity index (χ4n) is 3.48. The average Bonchev–Trinajstić information content (AvgIpc) is 2.76. The smallest absolute Gasteiger partial charge is 0.294 e. The maximum atomic E-state index is 13.0. The van der Waals surface area contributed by atoms with Crippen LogP contribution in [0.25, 0.3) is 0 Å². The van der Waals surface area contributed by atoms with Gasteiger partial charge < -0.3 is 4.90 Å². The minimum absolute atomic E-state index is 0.0701. The van der Waals surface area contributed by atoms with Crippen LogP contribution < -0.4 is 4.90 Å². The van der Waals surface area contributed by atoms with Gasteiger partial charge in [-0.05, 0) is 24.3 Å². The van der Waals surface area contributed by atoms with Gasteiger partial charge in [0.1, 0.15) is 11.1 Å². The van der Waals surface area contributed by atoms with Crippen molar-refractivity contribution < 1.29 is 19.3 Å². The number of ketones is 2. The Hall–Kier alpha value is -4.13. The summed E-state index contributed by atoms with van der Waals surface area (Å²) in [6, 6.07) is 17.3.